The van der Waals surface area contributed by atoms with E-state index in [0.717, 1.165) is 59.7 Å². The van der Waals surface area contributed by atoms with Gasteiger partial charge in [0.15, 0.2) is 0 Å². The molecule has 0 unspecified atom stereocenters. The maximum Gasteiger partial charge on any atom is 0.227 e. The zero-order valence-corrected chi connectivity index (χ0v) is 19.0. The smallest absolute Gasteiger partial charge is 0.227 e. The second kappa shape index (κ2) is 8.23. The number of hydrogen-bond donors (Lipinski definition) is 2. The molecular weight excluding hydrogens is 392 g/mol. The van der Waals surface area contributed by atoms with Crippen molar-refractivity contribution in [3.63, 3.8) is 0 Å². The minimum Gasteiger partial charge on any atom is -0.359 e. The summed E-state index contributed by atoms with van der Waals surface area (Å²) >= 11 is 0. The van der Waals surface area contributed by atoms with E-state index in [1.807, 2.05) is 12.3 Å². The second-order valence-electron chi connectivity index (χ2n) is 9.68. The van der Waals surface area contributed by atoms with Crippen LogP contribution in [-0.4, -0.2) is 39.7 Å². The number of H-pyrrole nitrogens is 1. The van der Waals surface area contributed by atoms with Gasteiger partial charge in [0, 0.05) is 30.2 Å². The minimum atomic E-state index is -1.36. The second-order valence-corrected chi connectivity index (χ2v) is 15.2. The van der Waals surface area contributed by atoms with Crippen LogP contribution in [0, 0.1) is 17.2 Å². The quantitative estimate of drug-likeness (QED) is 0.584. The first kappa shape index (κ1) is 20.6. The summed E-state index contributed by atoms with van der Waals surface area (Å²) in [6, 6.07) is 4.66. The van der Waals surface area contributed by atoms with Crippen molar-refractivity contribution in [2.45, 2.75) is 64.2 Å². The summed E-state index contributed by atoms with van der Waals surface area (Å²) in [7, 11) is -1.36. The molecule has 1 amide bonds. The van der Waals surface area contributed by atoms with E-state index in [0.29, 0.717) is 18.4 Å². The number of carbonyl (C=O) groups excluding carboxylic acids is 1. The summed E-state index contributed by atoms with van der Waals surface area (Å²) in [5.41, 5.74) is 2.75. The van der Waals surface area contributed by atoms with Crippen LogP contribution in [0.4, 0.5) is 0 Å². The molecule has 7 nitrogen and oxygen atoms in total. The van der Waals surface area contributed by atoms with E-state index in [1.54, 1.807) is 6.20 Å². The Bertz CT molecular complexity index is 1090. The number of aromatic amines is 1. The maximum atomic E-state index is 12.7. The molecule has 3 aromatic heterocycles. The fraction of sp³-hybridized carbons (Fsp3) is 0.545. The van der Waals surface area contributed by atoms with Crippen molar-refractivity contribution in [1.82, 2.24) is 24.8 Å². The molecule has 0 spiro atoms. The number of aromatic nitrogens is 4. The number of rotatable bonds is 6. The Labute approximate surface area is 177 Å². The third kappa shape index (κ3) is 4.26. The Morgan fingerprint density at radius 3 is 2.80 bits per heavy atom. The van der Waals surface area contributed by atoms with Crippen LogP contribution in [0.5, 0.6) is 0 Å². The first-order valence-electron chi connectivity index (χ1n) is 10.8. The Morgan fingerprint density at radius 2 is 2.10 bits per heavy atom. The van der Waals surface area contributed by atoms with Gasteiger partial charge in [0.25, 0.3) is 0 Å². The maximum absolute atomic E-state index is 12.7. The molecular formula is C22H30N6OSi. The summed E-state index contributed by atoms with van der Waals surface area (Å²) in [5, 5.41) is 13.2. The first-order valence-corrected chi connectivity index (χ1v) is 14.5. The number of carbonyl (C=O) groups is 1. The summed E-state index contributed by atoms with van der Waals surface area (Å²) in [5.74, 6) is 1.33. The van der Waals surface area contributed by atoms with Crippen LogP contribution < -0.4 is 5.32 Å². The predicted octanol–water partition coefficient (Wildman–Crippen LogP) is 4.09. The lowest BCUT2D eigenvalue weighted by Crippen LogP contribution is -2.40. The monoisotopic (exact) mass is 422 g/mol. The minimum absolute atomic E-state index is 0.0328. The van der Waals surface area contributed by atoms with Crippen molar-refractivity contribution in [2.75, 3.05) is 6.17 Å². The van der Waals surface area contributed by atoms with E-state index in [1.165, 1.54) is 0 Å². The number of hydrogen-bond acceptors (Lipinski definition) is 4. The average molecular weight is 423 g/mol. The molecule has 1 aliphatic rings. The van der Waals surface area contributed by atoms with Crippen molar-refractivity contribution >= 4 is 36.0 Å². The molecule has 1 aliphatic carbocycles. The fourth-order valence-electron chi connectivity index (χ4n) is 4.46. The normalized spacial score (nSPS) is 19.8. The highest BCUT2D eigenvalue weighted by atomic mass is 28.3. The molecule has 3 heterocycles. The van der Waals surface area contributed by atoms with Crippen LogP contribution in [0.25, 0.3) is 22.1 Å². The summed E-state index contributed by atoms with van der Waals surface area (Å²) in [4.78, 5) is 25.2. The van der Waals surface area contributed by atoms with E-state index in [-0.39, 0.29) is 12.3 Å². The van der Waals surface area contributed by atoms with Gasteiger partial charge in [-0.25, -0.2) is 9.97 Å². The molecule has 2 N–H and O–H groups in total. The van der Waals surface area contributed by atoms with Crippen LogP contribution in [0.2, 0.25) is 19.6 Å². The molecule has 0 aromatic carbocycles. The van der Waals surface area contributed by atoms with Gasteiger partial charge in [-0.2, -0.15) is 5.26 Å². The number of amides is 1. The lowest BCUT2D eigenvalue weighted by atomic mass is 9.84. The van der Waals surface area contributed by atoms with Gasteiger partial charge in [0.05, 0.1) is 32.3 Å². The Balaban J connectivity index is 1.68. The Hall–Kier alpha value is -2.66. The highest BCUT2D eigenvalue weighted by Gasteiger charge is 2.27. The van der Waals surface area contributed by atoms with E-state index in [9.17, 15) is 4.79 Å². The molecule has 30 heavy (non-hydrogen) atoms. The lowest BCUT2D eigenvalue weighted by Gasteiger charge is -2.30. The van der Waals surface area contributed by atoms with E-state index in [2.05, 4.69) is 45.6 Å². The molecule has 8 heteroatoms. The number of pyridine rings is 1. The molecule has 4 rings (SSSR count). The third-order valence-electron chi connectivity index (χ3n) is 6.00. The molecule has 0 atom stereocenters. The number of nitrogens with one attached hydrogen (secondary N) is 2. The zero-order chi connectivity index (χ0) is 21.3. The molecule has 1 fully saturated rings. The predicted molar refractivity (Wildman–Crippen MR) is 121 cm³/mol. The SMILES string of the molecule is C[Si](C)(C)CNC(=O)Cc1nc2cnc3[nH]ccc3c2n1[C@H]1CC[C@H](CC#N)CC1. The fourth-order valence-corrected chi connectivity index (χ4v) is 5.19. The van der Waals surface area contributed by atoms with Crippen molar-refractivity contribution in [3.8, 4) is 6.07 Å². The van der Waals surface area contributed by atoms with E-state index in [4.69, 9.17) is 10.2 Å². The summed E-state index contributed by atoms with van der Waals surface area (Å²) < 4.78 is 2.30. The van der Waals surface area contributed by atoms with Gasteiger partial charge in [-0.1, -0.05) is 19.6 Å². The van der Waals surface area contributed by atoms with Crippen LogP contribution in [0.1, 0.15) is 44.0 Å². The van der Waals surface area contributed by atoms with E-state index >= 15 is 0 Å². The van der Waals surface area contributed by atoms with Gasteiger partial charge in [-0.05, 0) is 37.7 Å². The van der Waals surface area contributed by atoms with Gasteiger partial charge >= 0.3 is 0 Å². The number of nitriles is 1. The van der Waals surface area contributed by atoms with Crippen molar-refractivity contribution in [1.29, 1.82) is 5.26 Å². The van der Waals surface area contributed by atoms with Crippen molar-refractivity contribution < 1.29 is 4.79 Å². The van der Waals surface area contributed by atoms with Gasteiger partial charge in [0.1, 0.15) is 17.0 Å². The zero-order valence-electron chi connectivity index (χ0n) is 18.0. The van der Waals surface area contributed by atoms with Crippen molar-refractivity contribution in [3.05, 3.63) is 24.3 Å². The van der Waals surface area contributed by atoms with Crippen LogP contribution >= 0.6 is 0 Å². The van der Waals surface area contributed by atoms with Crippen molar-refractivity contribution in [2.24, 2.45) is 5.92 Å². The number of fused-ring (bicyclic) bond motifs is 3. The van der Waals surface area contributed by atoms with E-state index < -0.39 is 8.07 Å². The Kier molecular flexibility index (Phi) is 5.65. The highest BCUT2D eigenvalue weighted by molar-refractivity contribution is 6.76. The molecule has 1 saturated carbocycles. The number of nitrogens with zero attached hydrogens (tertiary/aromatic N) is 4. The third-order valence-corrected chi connectivity index (χ3v) is 7.24. The van der Waals surface area contributed by atoms with Gasteiger partial charge < -0.3 is 14.9 Å². The number of imidazole rings is 1. The standard InChI is InChI=1S/C22H30N6OSi/c1-30(2,3)14-26-20(29)12-19-27-18-13-25-22-17(9-11-24-22)21(18)28(19)16-6-4-15(5-7-16)8-10-23/h9,11,13,15-16H,4-8,12,14H2,1-3H3,(H,24,25)(H,26,29)/t15-,16-. The summed E-state index contributed by atoms with van der Waals surface area (Å²) in [6.07, 6.45) is 9.49. The van der Waals surface area contributed by atoms with Gasteiger partial charge in [-0.3, -0.25) is 4.79 Å². The first-order chi connectivity index (χ1) is 14.4. The Morgan fingerprint density at radius 1 is 1.33 bits per heavy atom. The molecule has 0 aliphatic heterocycles. The summed E-state index contributed by atoms with van der Waals surface area (Å²) in [6.45, 7) is 6.74. The average Bonchev–Trinajstić information content (AvgIpc) is 3.30. The van der Waals surface area contributed by atoms with Gasteiger partial charge in [-0.15, -0.1) is 0 Å². The highest BCUT2D eigenvalue weighted by Crippen LogP contribution is 2.37. The molecule has 0 saturated heterocycles. The lowest BCUT2D eigenvalue weighted by molar-refractivity contribution is -0.120. The van der Waals surface area contributed by atoms with Gasteiger partial charge in [0.2, 0.25) is 5.91 Å². The molecule has 158 valence electrons. The largest absolute Gasteiger partial charge is 0.359 e. The van der Waals surface area contributed by atoms with Crippen LogP contribution in [0.15, 0.2) is 18.5 Å². The van der Waals surface area contributed by atoms with Crippen LogP contribution in [-0.2, 0) is 11.2 Å². The van der Waals surface area contributed by atoms with Crippen LogP contribution in [0.3, 0.4) is 0 Å². The molecule has 0 radical (unpaired) electrons. The molecule has 0 bridgehead atoms. The topological polar surface area (TPSA) is 99.4 Å². The molecule has 3 aromatic rings.